The van der Waals surface area contributed by atoms with Crippen molar-refractivity contribution in [1.82, 2.24) is 9.78 Å². The number of rotatable bonds is 4. The number of hydrogen-bond acceptors (Lipinski definition) is 2. The fraction of sp³-hybridized carbons (Fsp3) is 0.0909. The maximum absolute atomic E-state index is 11.9. The Morgan fingerprint density at radius 1 is 1.07 bits per heavy atom. The zero-order chi connectivity index (χ0) is 19.8. The first-order chi connectivity index (χ1) is 13.4. The molecule has 0 aliphatic heterocycles. The second kappa shape index (κ2) is 7.30. The first kappa shape index (κ1) is 18.5. The monoisotopic (exact) mass is 410 g/mol. The van der Waals surface area contributed by atoms with Gasteiger partial charge in [-0.15, -0.1) is 0 Å². The molecule has 3 aromatic carbocycles. The largest absolute Gasteiger partial charge is 0.478 e. The molecule has 1 heterocycles. The molecule has 1 aromatic heterocycles. The molecule has 0 atom stereocenters. The molecule has 0 amide bonds. The highest BCUT2D eigenvalue weighted by atomic mass is 35.5. The number of benzene rings is 3. The maximum Gasteiger partial charge on any atom is 0.336 e. The Hall–Kier alpha value is -2.82. The Morgan fingerprint density at radius 2 is 1.86 bits per heavy atom. The number of halogens is 2. The number of fused-ring (bicyclic) bond motifs is 1. The summed E-state index contributed by atoms with van der Waals surface area (Å²) in [5.74, 6) is -1.01. The molecule has 4 rings (SSSR count). The van der Waals surface area contributed by atoms with E-state index in [0.717, 1.165) is 22.3 Å². The predicted molar refractivity (Wildman–Crippen MR) is 112 cm³/mol. The van der Waals surface area contributed by atoms with Crippen LogP contribution < -0.4 is 0 Å². The Balaban J connectivity index is 1.84. The summed E-state index contributed by atoms with van der Waals surface area (Å²) in [6.45, 7) is 2.41. The molecule has 4 nitrogen and oxygen atoms in total. The van der Waals surface area contributed by atoms with E-state index in [9.17, 15) is 9.90 Å². The van der Waals surface area contributed by atoms with Crippen molar-refractivity contribution in [3.63, 3.8) is 0 Å². The lowest BCUT2D eigenvalue weighted by atomic mass is 9.99. The van der Waals surface area contributed by atoms with Crippen LogP contribution in [0.4, 0.5) is 0 Å². The van der Waals surface area contributed by atoms with Crippen molar-refractivity contribution in [2.45, 2.75) is 13.5 Å². The van der Waals surface area contributed by atoms with Crippen molar-refractivity contribution in [2.24, 2.45) is 0 Å². The SMILES string of the molecule is Cc1ccc(-c2cc(C(=O)O)c3cn(Cc4ccccc4Cl)nc3c2)c(Cl)c1. The summed E-state index contributed by atoms with van der Waals surface area (Å²) in [5, 5.41) is 16.1. The van der Waals surface area contributed by atoms with E-state index in [1.165, 1.54) is 0 Å². The van der Waals surface area contributed by atoms with Crippen molar-refractivity contribution >= 4 is 40.1 Å². The van der Waals surface area contributed by atoms with Crippen molar-refractivity contribution in [3.8, 4) is 11.1 Å². The molecule has 0 bridgehead atoms. The van der Waals surface area contributed by atoms with E-state index in [4.69, 9.17) is 23.2 Å². The molecule has 0 radical (unpaired) electrons. The summed E-state index contributed by atoms with van der Waals surface area (Å²) in [6, 6.07) is 16.7. The number of aryl methyl sites for hydroxylation is 1. The zero-order valence-electron chi connectivity index (χ0n) is 15.0. The van der Waals surface area contributed by atoms with Gasteiger partial charge in [0.25, 0.3) is 0 Å². The summed E-state index contributed by atoms with van der Waals surface area (Å²) in [7, 11) is 0. The van der Waals surface area contributed by atoms with Gasteiger partial charge in [0.15, 0.2) is 0 Å². The molecule has 0 aliphatic rings. The Bertz CT molecular complexity index is 1210. The van der Waals surface area contributed by atoms with Gasteiger partial charge in [-0.3, -0.25) is 4.68 Å². The van der Waals surface area contributed by atoms with Gasteiger partial charge in [0.2, 0.25) is 0 Å². The van der Waals surface area contributed by atoms with Gasteiger partial charge >= 0.3 is 5.97 Å². The number of carboxylic acid groups (broad SMARTS) is 1. The molecule has 6 heteroatoms. The Morgan fingerprint density at radius 3 is 2.57 bits per heavy atom. The second-order valence-electron chi connectivity index (χ2n) is 6.66. The number of nitrogens with zero attached hydrogens (tertiary/aromatic N) is 2. The molecule has 0 saturated carbocycles. The van der Waals surface area contributed by atoms with Crippen LogP contribution in [0.15, 0.2) is 60.8 Å². The lowest BCUT2D eigenvalue weighted by molar-refractivity contribution is 0.0699. The second-order valence-corrected chi connectivity index (χ2v) is 7.48. The van der Waals surface area contributed by atoms with Gasteiger partial charge in [0, 0.05) is 27.2 Å². The van der Waals surface area contributed by atoms with Crippen molar-refractivity contribution in [1.29, 1.82) is 0 Å². The van der Waals surface area contributed by atoms with E-state index in [2.05, 4.69) is 5.10 Å². The summed E-state index contributed by atoms with van der Waals surface area (Å²) in [6.07, 6.45) is 1.74. The number of hydrogen-bond donors (Lipinski definition) is 1. The third kappa shape index (κ3) is 3.49. The van der Waals surface area contributed by atoms with Crippen LogP contribution in [-0.2, 0) is 6.54 Å². The zero-order valence-corrected chi connectivity index (χ0v) is 16.5. The lowest BCUT2D eigenvalue weighted by Crippen LogP contribution is -2.00. The normalized spacial score (nSPS) is 11.1. The molecule has 0 unspecified atom stereocenters. The molecular weight excluding hydrogens is 395 g/mol. The summed E-state index contributed by atoms with van der Waals surface area (Å²) in [4.78, 5) is 11.9. The molecular formula is C22H16Cl2N2O2. The molecule has 1 N–H and O–H groups in total. The Kier molecular flexibility index (Phi) is 4.84. The van der Waals surface area contributed by atoms with Gasteiger partial charge in [-0.25, -0.2) is 4.79 Å². The van der Waals surface area contributed by atoms with Crippen LogP contribution in [0.1, 0.15) is 21.5 Å². The topological polar surface area (TPSA) is 55.1 Å². The third-order valence-electron chi connectivity index (χ3n) is 4.63. The number of carbonyl (C=O) groups is 1. The van der Waals surface area contributed by atoms with Crippen molar-refractivity contribution < 1.29 is 9.90 Å². The molecule has 28 heavy (non-hydrogen) atoms. The number of aromatic carboxylic acids is 1. The summed E-state index contributed by atoms with van der Waals surface area (Å²) in [5.41, 5.74) is 4.23. The van der Waals surface area contributed by atoms with E-state index >= 15 is 0 Å². The molecule has 0 saturated heterocycles. The fourth-order valence-corrected chi connectivity index (χ4v) is 3.78. The minimum atomic E-state index is -1.01. The smallest absolute Gasteiger partial charge is 0.336 e. The van der Waals surface area contributed by atoms with Crippen molar-refractivity contribution in [2.75, 3.05) is 0 Å². The van der Waals surface area contributed by atoms with Crippen LogP contribution in [0, 0.1) is 6.92 Å². The van der Waals surface area contributed by atoms with Crippen LogP contribution >= 0.6 is 23.2 Å². The highest BCUT2D eigenvalue weighted by Crippen LogP contribution is 2.33. The van der Waals surface area contributed by atoms with E-state index in [1.54, 1.807) is 16.9 Å². The van der Waals surface area contributed by atoms with E-state index in [1.807, 2.05) is 55.5 Å². The first-order valence-corrected chi connectivity index (χ1v) is 9.42. The van der Waals surface area contributed by atoms with Crippen LogP contribution in [0.3, 0.4) is 0 Å². The average Bonchev–Trinajstić information content (AvgIpc) is 3.05. The highest BCUT2D eigenvalue weighted by Gasteiger charge is 2.16. The fourth-order valence-electron chi connectivity index (χ4n) is 3.24. The quantitative estimate of drug-likeness (QED) is 0.444. The van der Waals surface area contributed by atoms with Gasteiger partial charge in [-0.05, 0) is 47.9 Å². The van der Waals surface area contributed by atoms with Crippen LogP contribution in [0.2, 0.25) is 10.0 Å². The summed E-state index contributed by atoms with van der Waals surface area (Å²) >= 11 is 12.6. The van der Waals surface area contributed by atoms with Gasteiger partial charge in [-0.1, -0.05) is 53.5 Å². The average molecular weight is 411 g/mol. The standard InChI is InChI=1S/C22H16Cl2N2O2/c1-13-6-7-16(20(24)8-13)15-9-17(22(27)28)18-12-26(25-21(18)10-15)11-14-4-2-3-5-19(14)23/h2-10,12H,11H2,1H3,(H,27,28). The van der Waals surface area contributed by atoms with E-state index in [0.29, 0.717) is 27.5 Å². The van der Waals surface area contributed by atoms with Gasteiger partial charge in [0.05, 0.1) is 17.6 Å². The molecule has 4 aromatic rings. The first-order valence-electron chi connectivity index (χ1n) is 8.67. The van der Waals surface area contributed by atoms with Gasteiger partial charge < -0.3 is 5.11 Å². The van der Waals surface area contributed by atoms with Crippen molar-refractivity contribution in [3.05, 3.63) is 87.5 Å². The minimum Gasteiger partial charge on any atom is -0.478 e. The molecule has 0 aliphatic carbocycles. The van der Waals surface area contributed by atoms with Crippen LogP contribution in [0.25, 0.3) is 22.0 Å². The summed E-state index contributed by atoms with van der Waals surface area (Å²) < 4.78 is 1.71. The maximum atomic E-state index is 11.9. The number of carboxylic acids is 1. The molecule has 0 spiro atoms. The van der Waals surface area contributed by atoms with Crippen LogP contribution in [0.5, 0.6) is 0 Å². The van der Waals surface area contributed by atoms with E-state index < -0.39 is 5.97 Å². The molecule has 140 valence electrons. The Labute approximate surface area is 171 Å². The van der Waals surface area contributed by atoms with Gasteiger partial charge in [-0.2, -0.15) is 5.10 Å². The van der Waals surface area contributed by atoms with Gasteiger partial charge in [0.1, 0.15) is 0 Å². The third-order valence-corrected chi connectivity index (χ3v) is 5.31. The number of aromatic nitrogens is 2. The van der Waals surface area contributed by atoms with Crippen LogP contribution in [-0.4, -0.2) is 20.9 Å². The highest BCUT2D eigenvalue weighted by molar-refractivity contribution is 6.33. The predicted octanol–water partition coefficient (Wildman–Crippen LogP) is 6.07. The molecule has 0 fully saturated rings. The minimum absolute atomic E-state index is 0.189. The lowest BCUT2D eigenvalue weighted by Gasteiger charge is -2.07. The van der Waals surface area contributed by atoms with E-state index in [-0.39, 0.29) is 5.56 Å².